The Morgan fingerprint density at radius 2 is 1.11 bits per heavy atom. The van der Waals surface area contributed by atoms with Crippen molar-refractivity contribution in [1.29, 1.82) is 0 Å². The minimum absolute atomic E-state index is 0. The molecule has 0 unspecified atom stereocenters. The Morgan fingerprint density at radius 3 is 1.57 bits per heavy atom. The summed E-state index contributed by atoms with van der Waals surface area (Å²) in [6.45, 7) is -1.12. The van der Waals surface area contributed by atoms with E-state index in [1.807, 2.05) is 53.0 Å². The average Bonchev–Trinajstić information content (AvgIpc) is 3.38. The van der Waals surface area contributed by atoms with Gasteiger partial charge in [0.1, 0.15) is 0 Å². The monoisotopic (exact) mass is 541 g/mol. The molecule has 0 spiro atoms. The zero-order chi connectivity index (χ0) is 24.6. The molecule has 0 saturated heterocycles. The van der Waals surface area contributed by atoms with Crippen LogP contribution in [0.3, 0.4) is 0 Å². The van der Waals surface area contributed by atoms with Gasteiger partial charge in [0.25, 0.3) is 0 Å². The standard InChI is InChI=1S/C30H24N3OPS.ClH/c1-35(24-16-8-3-9-17-24,25-18-10-4-11-19-25,26-20-12-5-13-21-26)28-22-27(34)31-30-33(28)32-29(36-30)23-14-6-2-7-15-23;/h2-22H,1H3;1H. The van der Waals surface area contributed by atoms with Crippen LogP contribution in [-0.4, -0.2) is 21.3 Å². The minimum Gasteiger partial charge on any atom is -0.147 e. The molecule has 0 amide bonds. The van der Waals surface area contributed by atoms with Crippen LogP contribution < -0.4 is 26.9 Å². The molecule has 0 fully saturated rings. The van der Waals surface area contributed by atoms with Crippen molar-refractivity contribution in [1.82, 2.24) is 14.6 Å². The fourth-order valence-corrected chi connectivity index (χ4v) is 11.6. The molecule has 0 aliphatic heterocycles. The van der Waals surface area contributed by atoms with Gasteiger partial charge in [-0.1, -0.05) is 0 Å². The van der Waals surface area contributed by atoms with Gasteiger partial charge in [-0.25, -0.2) is 0 Å². The molecule has 0 saturated carbocycles. The quantitative estimate of drug-likeness (QED) is 0.288. The first kappa shape index (κ1) is 25.0. The molecule has 4 aromatic carbocycles. The van der Waals surface area contributed by atoms with Crippen molar-refractivity contribution in [3.05, 3.63) is 138 Å². The molecule has 6 rings (SSSR count). The van der Waals surface area contributed by atoms with Crippen LogP contribution in [0.5, 0.6) is 0 Å². The molecule has 0 bridgehead atoms. The Labute approximate surface area is 225 Å². The van der Waals surface area contributed by atoms with E-state index in [4.69, 9.17) is 5.10 Å². The molecular weight excluding hydrogens is 517 g/mol. The van der Waals surface area contributed by atoms with Crippen LogP contribution in [-0.2, 0) is 0 Å². The smallest absolute Gasteiger partial charge is 0.147 e. The Bertz CT molecular complexity index is 1620. The molecule has 6 aromatic rings. The van der Waals surface area contributed by atoms with E-state index in [1.165, 1.54) is 11.3 Å². The van der Waals surface area contributed by atoms with E-state index in [9.17, 15) is 4.79 Å². The van der Waals surface area contributed by atoms with Crippen LogP contribution in [0.2, 0.25) is 0 Å². The summed E-state index contributed by atoms with van der Waals surface area (Å²) in [6, 6.07) is 43.4. The summed E-state index contributed by atoms with van der Waals surface area (Å²) >= 11 is 1.44. The van der Waals surface area contributed by atoms with Crippen molar-refractivity contribution in [3.63, 3.8) is 0 Å². The minimum atomic E-state index is -3.45. The van der Waals surface area contributed by atoms with Gasteiger partial charge in [0.2, 0.25) is 0 Å². The first-order valence-corrected chi connectivity index (χ1v) is 15.2. The van der Waals surface area contributed by atoms with Gasteiger partial charge >= 0.3 is 214 Å². The van der Waals surface area contributed by atoms with Crippen LogP contribution >= 0.6 is 30.3 Å². The first-order chi connectivity index (χ1) is 17.6. The zero-order valence-electron chi connectivity index (χ0n) is 20.1. The van der Waals surface area contributed by atoms with Gasteiger partial charge in [0.05, 0.1) is 0 Å². The molecule has 2 heterocycles. The normalized spacial score (nSPS) is 12.4. The molecule has 2 aromatic heterocycles. The predicted octanol–water partition coefficient (Wildman–Crippen LogP) is 5.02. The maximum atomic E-state index is 13.2. The van der Waals surface area contributed by atoms with E-state index in [1.54, 1.807) is 6.07 Å². The van der Waals surface area contributed by atoms with E-state index in [-0.39, 0.29) is 18.0 Å². The van der Waals surface area contributed by atoms with Gasteiger partial charge in [-0.3, -0.25) is 0 Å². The van der Waals surface area contributed by atoms with Crippen LogP contribution in [0, 0.1) is 0 Å². The molecule has 0 aliphatic carbocycles. The molecule has 0 atom stereocenters. The first-order valence-electron chi connectivity index (χ1n) is 11.7. The maximum absolute atomic E-state index is 13.2. The Morgan fingerprint density at radius 1 is 0.676 bits per heavy atom. The van der Waals surface area contributed by atoms with Gasteiger partial charge in [-0.15, -0.1) is 12.4 Å². The molecule has 7 heteroatoms. The van der Waals surface area contributed by atoms with Crippen molar-refractivity contribution in [2.45, 2.75) is 0 Å². The molecule has 37 heavy (non-hydrogen) atoms. The second-order valence-electron chi connectivity index (χ2n) is 8.99. The summed E-state index contributed by atoms with van der Waals surface area (Å²) in [5.74, 6) is 0. The van der Waals surface area contributed by atoms with E-state index in [0.717, 1.165) is 31.9 Å². The summed E-state index contributed by atoms with van der Waals surface area (Å²) < 4.78 is 1.92. The van der Waals surface area contributed by atoms with Crippen molar-refractivity contribution in [3.8, 4) is 10.6 Å². The largest absolute Gasteiger partial charge is 0.147 e. The van der Waals surface area contributed by atoms with E-state index < -0.39 is 6.60 Å². The third kappa shape index (κ3) is 3.82. The maximum Gasteiger partial charge on any atom is -0.147 e. The van der Waals surface area contributed by atoms with Crippen molar-refractivity contribution in [2.75, 3.05) is 6.66 Å². The van der Waals surface area contributed by atoms with Crippen LogP contribution in [0.25, 0.3) is 15.5 Å². The number of hydrogen-bond acceptors (Lipinski definition) is 4. The van der Waals surface area contributed by atoms with E-state index >= 15 is 0 Å². The SMILES string of the molecule is CP(c1ccccc1)(c1ccccc1)(c1ccccc1)c1cc(=O)nc2sc(-c3ccccc3)nn12.Cl. The van der Waals surface area contributed by atoms with Crippen molar-refractivity contribution >= 4 is 56.7 Å². The predicted molar refractivity (Wildman–Crippen MR) is 161 cm³/mol. The van der Waals surface area contributed by atoms with Gasteiger partial charge in [0.15, 0.2) is 0 Å². The number of benzene rings is 4. The molecule has 0 N–H and O–H groups in total. The second kappa shape index (κ2) is 9.68. The number of nitrogens with zero attached hydrogens (tertiary/aromatic N) is 3. The second-order valence-corrected chi connectivity index (χ2v) is 15.1. The Balaban J connectivity index is 0.00000280. The number of fused-ring (bicyclic) bond motifs is 1. The van der Waals surface area contributed by atoms with Crippen molar-refractivity contribution in [2.24, 2.45) is 0 Å². The number of aromatic nitrogens is 3. The molecule has 0 aliphatic rings. The van der Waals surface area contributed by atoms with E-state index in [2.05, 4.69) is 84.4 Å². The fraction of sp³-hybridized carbons (Fsp3) is 0.0333. The number of hydrogen-bond donors (Lipinski definition) is 0. The third-order valence-electron chi connectivity index (χ3n) is 7.03. The average molecular weight is 542 g/mol. The molecular formula is C30H25ClN3OPS. The summed E-state index contributed by atoms with van der Waals surface area (Å²) in [4.78, 5) is 18.2. The summed E-state index contributed by atoms with van der Waals surface area (Å²) in [5.41, 5.74) is 1.62. The van der Waals surface area contributed by atoms with Crippen LogP contribution in [0.1, 0.15) is 0 Å². The van der Waals surface area contributed by atoms with Crippen LogP contribution in [0.4, 0.5) is 0 Å². The number of halogens is 1. The molecule has 4 nitrogen and oxygen atoms in total. The molecule has 0 radical (unpaired) electrons. The zero-order valence-corrected chi connectivity index (χ0v) is 22.7. The molecule has 184 valence electrons. The van der Waals surface area contributed by atoms with Gasteiger partial charge in [0, 0.05) is 0 Å². The van der Waals surface area contributed by atoms with Gasteiger partial charge in [-0.2, -0.15) is 0 Å². The summed E-state index contributed by atoms with van der Waals surface area (Å²) in [6.07, 6.45) is 0. The van der Waals surface area contributed by atoms with Crippen LogP contribution in [0.15, 0.2) is 132 Å². The van der Waals surface area contributed by atoms with Gasteiger partial charge < -0.3 is 0 Å². The summed E-state index contributed by atoms with van der Waals surface area (Å²) in [7, 11) is 0. The van der Waals surface area contributed by atoms with Gasteiger partial charge in [-0.05, 0) is 0 Å². The Hall–Kier alpha value is -3.63. The van der Waals surface area contributed by atoms with Crippen molar-refractivity contribution < 1.29 is 0 Å². The third-order valence-corrected chi connectivity index (χ3v) is 14.2. The summed E-state index contributed by atoms with van der Waals surface area (Å²) in [5, 5.41) is 9.39. The topological polar surface area (TPSA) is 47.3 Å². The number of rotatable bonds is 5. The van der Waals surface area contributed by atoms with E-state index in [0.29, 0.717) is 4.96 Å². The fourth-order valence-electron chi connectivity index (χ4n) is 5.14. The Kier molecular flexibility index (Phi) is 6.55.